The lowest BCUT2D eigenvalue weighted by molar-refractivity contribution is -0.122. The summed E-state index contributed by atoms with van der Waals surface area (Å²) in [5.74, 6) is -2.01. The van der Waals surface area contributed by atoms with Gasteiger partial charge in [-0.25, -0.2) is 4.39 Å². The average molecular weight is 434 g/mol. The molecule has 0 spiro atoms. The van der Waals surface area contributed by atoms with Crippen molar-refractivity contribution in [2.45, 2.75) is 13.3 Å². The molecule has 1 heterocycles. The fourth-order valence-electron chi connectivity index (χ4n) is 2.92. The molecule has 8 heteroatoms. The van der Waals surface area contributed by atoms with Crippen molar-refractivity contribution in [2.75, 3.05) is 22.1 Å². The molecule has 1 aliphatic heterocycles. The normalized spacial score (nSPS) is 16.3. The number of carbonyl (C=O) groups excluding carboxylic acids is 3. The number of para-hydroxylation sites is 1. The minimum atomic E-state index is -0.598. The number of nitrogens with zero attached hydrogens (tertiary/aromatic N) is 1. The summed E-state index contributed by atoms with van der Waals surface area (Å²) in [5, 5.41) is 5.05. The molecule has 1 fully saturated rings. The summed E-state index contributed by atoms with van der Waals surface area (Å²) in [6.45, 7) is 1.53. The molecule has 0 unspecified atom stereocenters. The maximum atomic E-state index is 13.7. The van der Waals surface area contributed by atoms with E-state index >= 15 is 0 Å². The minimum absolute atomic E-state index is 0.0161. The summed E-state index contributed by atoms with van der Waals surface area (Å²) in [6.07, 6.45) is 0.0902. The molecule has 2 aromatic carbocycles. The zero-order chi connectivity index (χ0) is 19.6. The van der Waals surface area contributed by atoms with E-state index in [0.717, 1.165) is 10.5 Å². The molecule has 3 rings (SSSR count). The SMILES string of the molecule is CC(=O)Nc1cc(NC(=O)[C@H]2CC(=O)N(c3ccccc3Br)C2)ccc1F. The topological polar surface area (TPSA) is 78.5 Å². The van der Waals surface area contributed by atoms with Gasteiger partial charge in [0.1, 0.15) is 5.82 Å². The average Bonchev–Trinajstić information content (AvgIpc) is 2.99. The summed E-state index contributed by atoms with van der Waals surface area (Å²) in [4.78, 5) is 37.6. The molecule has 27 heavy (non-hydrogen) atoms. The Balaban J connectivity index is 1.71. The molecule has 1 atom stereocenters. The van der Waals surface area contributed by atoms with Crippen LogP contribution in [-0.4, -0.2) is 24.3 Å². The lowest BCUT2D eigenvalue weighted by atomic mass is 10.1. The Morgan fingerprint density at radius 1 is 1.19 bits per heavy atom. The Kier molecular flexibility index (Phi) is 5.55. The van der Waals surface area contributed by atoms with Crippen LogP contribution in [0.25, 0.3) is 0 Å². The second kappa shape index (κ2) is 7.87. The van der Waals surface area contributed by atoms with Gasteiger partial charge < -0.3 is 15.5 Å². The van der Waals surface area contributed by atoms with Crippen LogP contribution in [0.1, 0.15) is 13.3 Å². The van der Waals surface area contributed by atoms with Crippen LogP contribution in [-0.2, 0) is 14.4 Å². The van der Waals surface area contributed by atoms with E-state index in [1.165, 1.54) is 19.1 Å². The van der Waals surface area contributed by atoms with Crippen molar-refractivity contribution >= 4 is 50.7 Å². The highest BCUT2D eigenvalue weighted by molar-refractivity contribution is 9.10. The van der Waals surface area contributed by atoms with Gasteiger partial charge in [-0.1, -0.05) is 12.1 Å². The summed E-state index contributed by atoms with van der Waals surface area (Å²) in [5.41, 5.74) is 1.04. The van der Waals surface area contributed by atoms with Gasteiger partial charge in [0.15, 0.2) is 0 Å². The largest absolute Gasteiger partial charge is 0.326 e. The predicted molar refractivity (Wildman–Crippen MR) is 104 cm³/mol. The van der Waals surface area contributed by atoms with Crippen molar-refractivity contribution < 1.29 is 18.8 Å². The molecule has 0 aromatic heterocycles. The second-order valence-corrected chi connectivity index (χ2v) is 7.08. The van der Waals surface area contributed by atoms with E-state index in [0.29, 0.717) is 11.4 Å². The van der Waals surface area contributed by atoms with Gasteiger partial charge in [0.25, 0.3) is 0 Å². The smallest absolute Gasteiger partial charge is 0.229 e. The monoisotopic (exact) mass is 433 g/mol. The van der Waals surface area contributed by atoms with Gasteiger partial charge in [0.05, 0.1) is 17.3 Å². The zero-order valence-corrected chi connectivity index (χ0v) is 16.0. The van der Waals surface area contributed by atoms with Crippen LogP contribution in [0.3, 0.4) is 0 Å². The lowest BCUT2D eigenvalue weighted by Gasteiger charge is -2.18. The Morgan fingerprint density at radius 3 is 2.63 bits per heavy atom. The quantitative estimate of drug-likeness (QED) is 0.773. The first-order valence-electron chi connectivity index (χ1n) is 8.28. The predicted octanol–water partition coefficient (Wildman–Crippen LogP) is 3.54. The highest BCUT2D eigenvalue weighted by atomic mass is 79.9. The van der Waals surface area contributed by atoms with Crippen molar-refractivity contribution in [1.82, 2.24) is 0 Å². The molecule has 0 bridgehead atoms. The summed E-state index contributed by atoms with van der Waals surface area (Å²) >= 11 is 3.41. The maximum Gasteiger partial charge on any atom is 0.229 e. The highest BCUT2D eigenvalue weighted by Gasteiger charge is 2.35. The van der Waals surface area contributed by atoms with Gasteiger partial charge in [-0.2, -0.15) is 0 Å². The molecule has 0 saturated carbocycles. The van der Waals surface area contributed by atoms with Crippen LogP contribution in [0.2, 0.25) is 0 Å². The number of halogens is 2. The summed E-state index contributed by atoms with van der Waals surface area (Å²) in [6, 6.07) is 11.2. The molecule has 140 valence electrons. The van der Waals surface area contributed by atoms with Crippen molar-refractivity contribution in [1.29, 1.82) is 0 Å². The molecule has 1 saturated heterocycles. The number of nitrogens with one attached hydrogen (secondary N) is 2. The van der Waals surface area contributed by atoms with Gasteiger partial charge in [0, 0.05) is 30.0 Å². The van der Waals surface area contributed by atoms with E-state index in [1.54, 1.807) is 4.90 Å². The van der Waals surface area contributed by atoms with Crippen LogP contribution < -0.4 is 15.5 Å². The van der Waals surface area contributed by atoms with Crippen molar-refractivity contribution in [3.63, 3.8) is 0 Å². The van der Waals surface area contributed by atoms with Crippen LogP contribution in [0.15, 0.2) is 46.9 Å². The van der Waals surface area contributed by atoms with E-state index in [2.05, 4.69) is 26.6 Å². The van der Waals surface area contributed by atoms with E-state index < -0.39 is 17.6 Å². The number of hydrogen-bond donors (Lipinski definition) is 2. The molecule has 2 aromatic rings. The van der Waals surface area contributed by atoms with Gasteiger partial charge in [-0.15, -0.1) is 0 Å². The summed E-state index contributed by atoms with van der Waals surface area (Å²) < 4.78 is 14.5. The highest BCUT2D eigenvalue weighted by Crippen LogP contribution is 2.32. The Labute approximate surface area is 163 Å². The van der Waals surface area contributed by atoms with Gasteiger partial charge in [0.2, 0.25) is 17.7 Å². The molecular weight excluding hydrogens is 417 g/mol. The molecule has 0 radical (unpaired) electrons. The Morgan fingerprint density at radius 2 is 1.93 bits per heavy atom. The Bertz CT molecular complexity index is 919. The molecular formula is C19H17BrFN3O3. The van der Waals surface area contributed by atoms with Crippen LogP contribution in [0.4, 0.5) is 21.5 Å². The van der Waals surface area contributed by atoms with Crippen LogP contribution >= 0.6 is 15.9 Å². The van der Waals surface area contributed by atoms with Crippen LogP contribution in [0, 0.1) is 11.7 Å². The number of benzene rings is 2. The number of hydrogen-bond acceptors (Lipinski definition) is 3. The first-order chi connectivity index (χ1) is 12.8. The van der Waals surface area contributed by atoms with E-state index in [4.69, 9.17) is 0 Å². The van der Waals surface area contributed by atoms with Crippen molar-refractivity contribution in [2.24, 2.45) is 5.92 Å². The maximum absolute atomic E-state index is 13.7. The van der Waals surface area contributed by atoms with Gasteiger partial charge in [-0.05, 0) is 46.3 Å². The molecule has 6 nitrogen and oxygen atoms in total. The first-order valence-corrected chi connectivity index (χ1v) is 9.07. The third kappa shape index (κ3) is 4.33. The standard InChI is InChI=1S/C19H17BrFN3O3/c1-11(25)22-16-9-13(6-7-15(16)21)23-19(27)12-8-18(26)24(10-12)17-5-3-2-4-14(17)20/h2-7,9,12H,8,10H2,1H3,(H,22,25)(H,23,27)/t12-/m0/s1. The number of amides is 3. The fourth-order valence-corrected chi connectivity index (χ4v) is 3.42. The van der Waals surface area contributed by atoms with E-state index in [-0.39, 0.29) is 30.5 Å². The second-order valence-electron chi connectivity index (χ2n) is 6.22. The Hall–Kier alpha value is -2.74. The van der Waals surface area contributed by atoms with Crippen LogP contribution in [0.5, 0.6) is 0 Å². The molecule has 2 N–H and O–H groups in total. The number of carbonyl (C=O) groups is 3. The summed E-state index contributed by atoms with van der Waals surface area (Å²) in [7, 11) is 0. The van der Waals surface area contributed by atoms with Gasteiger partial charge in [-0.3, -0.25) is 14.4 Å². The van der Waals surface area contributed by atoms with Crippen molar-refractivity contribution in [3.8, 4) is 0 Å². The van der Waals surface area contributed by atoms with E-state index in [1.807, 2.05) is 24.3 Å². The van der Waals surface area contributed by atoms with Crippen molar-refractivity contribution in [3.05, 3.63) is 52.8 Å². The minimum Gasteiger partial charge on any atom is -0.326 e. The number of anilines is 3. The third-order valence-electron chi connectivity index (χ3n) is 4.18. The number of rotatable bonds is 4. The lowest BCUT2D eigenvalue weighted by Crippen LogP contribution is -2.28. The molecule has 1 aliphatic rings. The third-order valence-corrected chi connectivity index (χ3v) is 4.85. The molecule has 0 aliphatic carbocycles. The fraction of sp³-hybridized carbons (Fsp3) is 0.211. The van der Waals surface area contributed by atoms with Gasteiger partial charge >= 0.3 is 0 Å². The molecule has 3 amide bonds. The first kappa shape index (κ1) is 19.0. The zero-order valence-electron chi connectivity index (χ0n) is 14.5. The van der Waals surface area contributed by atoms with E-state index in [9.17, 15) is 18.8 Å².